The Morgan fingerprint density at radius 3 is 2.83 bits per heavy atom. The molecule has 94 valence electrons. The van der Waals surface area contributed by atoms with Crippen LogP contribution >= 0.6 is 15.9 Å². The van der Waals surface area contributed by atoms with Gasteiger partial charge in [-0.05, 0) is 25.1 Å². The molecule has 0 saturated carbocycles. The van der Waals surface area contributed by atoms with Crippen molar-refractivity contribution in [2.75, 3.05) is 0 Å². The molecule has 0 atom stereocenters. The number of rotatable bonds is 3. The Balaban J connectivity index is 2.38. The van der Waals surface area contributed by atoms with Crippen LogP contribution in [0.15, 0.2) is 34.9 Å². The van der Waals surface area contributed by atoms with E-state index in [0.29, 0.717) is 11.3 Å². The zero-order valence-electron chi connectivity index (χ0n) is 9.65. The molecule has 18 heavy (non-hydrogen) atoms. The molecule has 0 aliphatic rings. The molecule has 0 aliphatic heterocycles. The third kappa shape index (κ3) is 2.86. The Morgan fingerprint density at radius 2 is 2.11 bits per heavy atom. The minimum absolute atomic E-state index is 0.102. The number of ether oxygens (including phenoxy) is 1. The van der Waals surface area contributed by atoms with Gasteiger partial charge in [0.2, 0.25) is 0 Å². The van der Waals surface area contributed by atoms with Crippen LogP contribution < -0.4 is 4.74 Å². The van der Waals surface area contributed by atoms with Crippen molar-refractivity contribution in [2.45, 2.75) is 13.5 Å². The van der Waals surface area contributed by atoms with Crippen molar-refractivity contribution in [3.63, 3.8) is 0 Å². The zero-order chi connectivity index (χ0) is 13.1. The molecule has 2 rings (SSSR count). The van der Waals surface area contributed by atoms with Gasteiger partial charge in [-0.15, -0.1) is 0 Å². The molecule has 0 saturated heterocycles. The molecule has 1 heterocycles. The molecule has 0 aliphatic carbocycles. The van der Waals surface area contributed by atoms with Crippen molar-refractivity contribution in [1.29, 1.82) is 0 Å². The van der Waals surface area contributed by atoms with Crippen LogP contribution in [0.4, 0.5) is 4.39 Å². The van der Waals surface area contributed by atoms with E-state index in [4.69, 9.17) is 4.74 Å². The summed E-state index contributed by atoms with van der Waals surface area (Å²) in [6.45, 7) is 1.59. The minimum atomic E-state index is -0.462. The molecule has 0 amide bonds. The van der Waals surface area contributed by atoms with Crippen LogP contribution in [0.25, 0.3) is 0 Å². The molecular weight excluding hydrogens is 301 g/mol. The van der Waals surface area contributed by atoms with E-state index in [0.717, 1.165) is 10.2 Å². The number of aliphatic hydroxyl groups is 1. The van der Waals surface area contributed by atoms with Gasteiger partial charge in [-0.1, -0.05) is 15.9 Å². The van der Waals surface area contributed by atoms with Crippen molar-refractivity contribution in [3.8, 4) is 11.5 Å². The van der Waals surface area contributed by atoms with E-state index in [9.17, 15) is 9.50 Å². The Morgan fingerprint density at radius 1 is 1.33 bits per heavy atom. The molecule has 0 spiro atoms. The van der Waals surface area contributed by atoms with Gasteiger partial charge in [0.25, 0.3) is 0 Å². The van der Waals surface area contributed by atoms with Gasteiger partial charge >= 0.3 is 0 Å². The molecule has 1 aromatic heterocycles. The standard InChI is InChI=1S/C13H11BrFNO2/c1-8-4-12(9(7-17)6-16-8)18-13-5-10(14)2-3-11(13)15/h2-6,17H,7H2,1H3. The van der Waals surface area contributed by atoms with E-state index >= 15 is 0 Å². The Bertz CT molecular complexity index is 575. The van der Waals surface area contributed by atoms with Gasteiger partial charge in [-0.25, -0.2) is 4.39 Å². The molecule has 1 N–H and O–H groups in total. The summed E-state index contributed by atoms with van der Waals surface area (Å²) in [6, 6.07) is 6.09. The molecule has 0 fully saturated rings. The van der Waals surface area contributed by atoms with E-state index in [1.54, 1.807) is 19.1 Å². The Labute approximate surface area is 112 Å². The average Bonchev–Trinajstić information content (AvgIpc) is 2.34. The fraction of sp³-hybridized carbons (Fsp3) is 0.154. The fourth-order valence-electron chi connectivity index (χ4n) is 1.45. The third-order valence-electron chi connectivity index (χ3n) is 2.36. The van der Waals surface area contributed by atoms with Crippen molar-refractivity contribution in [1.82, 2.24) is 4.98 Å². The largest absolute Gasteiger partial charge is 0.454 e. The molecule has 0 unspecified atom stereocenters. The number of aryl methyl sites for hydroxylation is 1. The number of pyridine rings is 1. The lowest BCUT2D eigenvalue weighted by atomic mass is 10.2. The Hall–Kier alpha value is -1.46. The topological polar surface area (TPSA) is 42.4 Å². The number of aromatic nitrogens is 1. The van der Waals surface area contributed by atoms with Crippen LogP contribution in [-0.2, 0) is 6.61 Å². The first-order valence-corrected chi connectivity index (χ1v) is 6.08. The molecule has 3 nitrogen and oxygen atoms in total. The number of hydrogen-bond acceptors (Lipinski definition) is 3. The number of aliphatic hydroxyl groups excluding tert-OH is 1. The molecule has 2 aromatic rings. The average molecular weight is 312 g/mol. The van der Waals surface area contributed by atoms with Gasteiger partial charge in [0.1, 0.15) is 5.75 Å². The maximum absolute atomic E-state index is 13.6. The highest BCUT2D eigenvalue weighted by molar-refractivity contribution is 9.10. The van der Waals surface area contributed by atoms with Crippen LogP contribution in [0.1, 0.15) is 11.3 Å². The first-order valence-electron chi connectivity index (χ1n) is 5.29. The monoisotopic (exact) mass is 311 g/mol. The second-order valence-electron chi connectivity index (χ2n) is 3.77. The van der Waals surface area contributed by atoms with Gasteiger partial charge < -0.3 is 9.84 Å². The van der Waals surface area contributed by atoms with Gasteiger partial charge in [-0.2, -0.15) is 0 Å². The number of nitrogens with zero attached hydrogens (tertiary/aromatic N) is 1. The van der Waals surface area contributed by atoms with Crippen molar-refractivity contribution < 1.29 is 14.2 Å². The maximum Gasteiger partial charge on any atom is 0.165 e. The summed E-state index contributed by atoms with van der Waals surface area (Å²) < 4.78 is 19.8. The molecule has 5 heteroatoms. The highest BCUT2D eigenvalue weighted by atomic mass is 79.9. The molecule has 0 radical (unpaired) electrons. The van der Waals surface area contributed by atoms with Gasteiger partial charge in [0.05, 0.1) is 6.61 Å². The van der Waals surface area contributed by atoms with E-state index in [1.807, 2.05) is 0 Å². The van der Waals surface area contributed by atoms with Gasteiger partial charge in [0, 0.05) is 28.0 Å². The molecule has 0 bridgehead atoms. The summed E-state index contributed by atoms with van der Waals surface area (Å²) >= 11 is 3.25. The van der Waals surface area contributed by atoms with E-state index in [-0.39, 0.29) is 12.4 Å². The van der Waals surface area contributed by atoms with E-state index in [1.165, 1.54) is 18.3 Å². The SMILES string of the molecule is Cc1cc(Oc2cc(Br)ccc2F)c(CO)cn1. The summed E-state index contributed by atoms with van der Waals surface area (Å²) in [5.41, 5.74) is 1.25. The first-order chi connectivity index (χ1) is 8.60. The first kappa shape index (κ1) is 13.0. The molecule has 1 aromatic carbocycles. The number of halogens is 2. The van der Waals surface area contributed by atoms with E-state index in [2.05, 4.69) is 20.9 Å². The fourth-order valence-corrected chi connectivity index (χ4v) is 1.79. The van der Waals surface area contributed by atoms with Crippen LogP contribution in [0.5, 0.6) is 11.5 Å². The number of benzene rings is 1. The lowest BCUT2D eigenvalue weighted by Crippen LogP contribution is -1.96. The quantitative estimate of drug-likeness (QED) is 0.942. The predicted octanol–water partition coefficient (Wildman–Crippen LogP) is 3.58. The summed E-state index contributed by atoms with van der Waals surface area (Å²) in [5.74, 6) is 0.0447. The highest BCUT2D eigenvalue weighted by Gasteiger charge is 2.09. The van der Waals surface area contributed by atoms with Crippen LogP contribution in [0.2, 0.25) is 0 Å². The predicted molar refractivity (Wildman–Crippen MR) is 69.1 cm³/mol. The van der Waals surface area contributed by atoms with Crippen molar-refractivity contribution in [3.05, 3.63) is 52.0 Å². The highest BCUT2D eigenvalue weighted by Crippen LogP contribution is 2.29. The van der Waals surface area contributed by atoms with Crippen LogP contribution in [-0.4, -0.2) is 10.1 Å². The van der Waals surface area contributed by atoms with Crippen LogP contribution in [0.3, 0.4) is 0 Å². The second kappa shape index (κ2) is 5.46. The minimum Gasteiger partial charge on any atom is -0.454 e. The molecular formula is C13H11BrFNO2. The van der Waals surface area contributed by atoms with Crippen LogP contribution in [0, 0.1) is 12.7 Å². The zero-order valence-corrected chi connectivity index (χ0v) is 11.2. The van der Waals surface area contributed by atoms with E-state index < -0.39 is 5.82 Å². The number of hydrogen-bond donors (Lipinski definition) is 1. The summed E-state index contributed by atoms with van der Waals surface area (Å²) in [7, 11) is 0. The van der Waals surface area contributed by atoms with Crippen molar-refractivity contribution >= 4 is 15.9 Å². The van der Waals surface area contributed by atoms with Gasteiger partial charge in [-0.3, -0.25) is 4.98 Å². The summed E-state index contributed by atoms with van der Waals surface area (Å²) in [4.78, 5) is 4.05. The second-order valence-corrected chi connectivity index (χ2v) is 4.68. The normalized spacial score (nSPS) is 10.4. The smallest absolute Gasteiger partial charge is 0.165 e. The summed E-state index contributed by atoms with van der Waals surface area (Å²) in [5, 5.41) is 9.19. The Kier molecular flexibility index (Phi) is 3.93. The lowest BCUT2D eigenvalue weighted by molar-refractivity contribution is 0.275. The third-order valence-corrected chi connectivity index (χ3v) is 2.86. The lowest BCUT2D eigenvalue weighted by Gasteiger charge is -2.11. The maximum atomic E-state index is 13.6. The van der Waals surface area contributed by atoms with Gasteiger partial charge in [0.15, 0.2) is 11.6 Å². The summed E-state index contributed by atoms with van der Waals surface area (Å²) in [6.07, 6.45) is 1.51. The van der Waals surface area contributed by atoms with Crippen molar-refractivity contribution in [2.24, 2.45) is 0 Å².